The molecule has 2 heteroatoms. The Morgan fingerprint density at radius 3 is 2.09 bits per heavy atom. The molecule has 0 heterocycles. The first-order chi connectivity index (χ1) is 16.6. The summed E-state index contributed by atoms with van der Waals surface area (Å²) in [6.07, 6.45) is 23.4. The van der Waals surface area contributed by atoms with Crippen LogP contribution in [0.5, 0.6) is 0 Å². The van der Waals surface area contributed by atoms with Crippen molar-refractivity contribution in [3.63, 3.8) is 0 Å². The molecule has 3 fully saturated rings. The summed E-state index contributed by atoms with van der Waals surface area (Å²) >= 11 is 0. The molecule has 3 aliphatic rings. The van der Waals surface area contributed by atoms with Crippen LogP contribution in [0.15, 0.2) is 24.8 Å². The normalized spacial score (nSPS) is 31.7. The summed E-state index contributed by atoms with van der Waals surface area (Å²) in [5.74, 6) is 4.33. The quantitative estimate of drug-likeness (QED) is 0.236. The molecule has 0 amide bonds. The Morgan fingerprint density at radius 1 is 0.794 bits per heavy atom. The Bertz CT molecular complexity index is 752. The summed E-state index contributed by atoms with van der Waals surface area (Å²) in [7, 11) is 0. The van der Waals surface area contributed by atoms with Gasteiger partial charge in [-0.15, -0.1) is 6.58 Å². The van der Waals surface area contributed by atoms with Crippen LogP contribution in [0.25, 0.3) is 0 Å². The second-order valence-electron chi connectivity index (χ2n) is 12.0. The minimum absolute atomic E-state index is 0.227. The molecular formula is C32H48F2. The maximum absolute atomic E-state index is 14.6. The van der Waals surface area contributed by atoms with Crippen molar-refractivity contribution in [3.8, 4) is 0 Å². The molecule has 0 spiro atoms. The summed E-state index contributed by atoms with van der Waals surface area (Å²) in [6.45, 7) is 5.97. The molecule has 1 aromatic carbocycles. The highest BCUT2D eigenvalue weighted by atomic mass is 19.1. The first kappa shape index (κ1) is 25.9. The van der Waals surface area contributed by atoms with Crippen molar-refractivity contribution in [2.75, 3.05) is 0 Å². The van der Waals surface area contributed by atoms with E-state index in [1.54, 1.807) is 18.2 Å². The highest BCUT2D eigenvalue weighted by Crippen LogP contribution is 2.50. The van der Waals surface area contributed by atoms with Crippen LogP contribution in [0.4, 0.5) is 8.78 Å². The molecule has 0 aliphatic heterocycles. The van der Waals surface area contributed by atoms with Gasteiger partial charge in [-0.1, -0.05) is 51.5 Å². The number of hydrogen-bond acceptors (Lipinski definition) is 0. The van der Waals surface area contributed by atoms with Gasteiger partial charge >= 0.3 is 0 Å². The lowest BCUT2D eigenvalue weighted by Crippen LogP contribution is -2.34. The number of unbranched alkanes of at least 4 members (excludes halogenated alkanes) is 3. The van der Waals surface area contributed by atoms with Gasteiger partial charge < -0.3 is 0 Å². The molecule has 4 rings (SSSR count). The van der Waals surface area contributed by atoms with E-state index in [-0.39, 0.29) is 17.2 Å². The standard InChI is InChI=1S/C32H48F2/c1-3-5-7-8-9-23-11-12-28-20-27(18-17-26(28)19-23)24-13-15-25(16-14-24)29-21-31(33)30(10-6-4-2)32(34)22-29/h4,21-28H,2-3,5-20H2,1H3. The van der Waals surface area contributed by atoms with E-state index in [2.05, 4.69) is 13.5 Å². The number of rotatable bonds is 10. The number of allylic oxidation sites excluding steroid dienone is 1. The number of hydrogen-bond donors (Lipinski definition) is 0. The second-order valence-corrected chi connectivity index (χ2v) is 12.0. The van der Waals surface area contributed by atoms with Crippen LogP contribution in [0.2, 0.25) is 0 Å². The SMILES string of the molecule is C=CCCc1c(F)cc(C2CCC(C3CCC4CC(CCCCCC)CCC4C3)CC2)cc1F. The minimum atomic E-state index is -0.363. The van der Waals surface area contributed by atoms with Crippen LogP contribution < -0.4 is 0 Å². The summed E-state index contributed by atoms with van der Waals surface area (Å²) in [5, 5.41) is 0. The fourth-order valence-electron chi connectivity index (χ4n) is 7.84. The predicted molar refractivity (Wildman–Crippen MR) is 140 cm³/mol. The largest absolute Gasteiger partial charge is 0.207 e. The Hall–Kier alpha value is -1.18. The molecular weight excluding hydrogens is 422 g/mol. The first-order valence-corrected chi connectivity index (χ1v) is 14.7. The van der Waals surface area contributed by atoms with Crippen LogP contribution in [0.1, 0.15) is 127 Å². The minimum Gasteiger partial charge on any atom is -0.207 e. The van der Waals surface area contributed by atoms with Crippen LogP contribution in [-0.2, 0) is 6.42 Å². The predicted octanol–water partition coefficient (Wildman–Crippen LogP) is 10.2. The summed E-state index contributed by atoms with van der Waals surface area (Å²) in [6, 6.07) is 3.25. The lowest BCUT2D eigenvalue weighted by atomic mass is 9.60. The number of benzene rings is 1. The summed E-state index contributed by atoms with van der Waals surface area (Å²) in [5.41, 5.74) is 1.11. The molecule has 0 nitrogen and oxygen atoms in total. The molecule has 190 valence electrons. The van der Waals surface area contributed by atoms with E-state index in [0.717, 1.165) is 48.0 Å². The van der Waals surface area contributed by atoms with E-state index in [1.165, 1.54) is 83.5 Å². The molecule has 3 aliphatic carbocycles. The Morgan fingerprint density at radius 2 is 1.41 bits per heavy atom. The molecule has 0 N–H and O–H groups in total. The number of fused-ring (bicyclic) bond motifs is 1. The van der Waals surface area contributed by atoms with Crippen LogP contribution >= 0.6 is 0 Å². The third kappa shape index (κ3) is 6.52. The Labute approximate surface area is 208 Å². The zero-order valence-electron chi connectivity index (χ0n) is 21.7. The summed E-state index contributed by atoms with van der Waals surface area (Å²) < 4.78 is 29.1. The van der Waals surface area contributed by atoms with Crippen molar-refractivity contribution in [3.05, 3.63) is 47.5 Å². The van der Waals surface area contributed by atoms with Gasteiger partial charge in [-0.3, -0.25) is 0 Å². The van der Waals surface area contributed by atoms with Gasteiger partial charge in [0.1, 0.15) is 11.6 Å². The van der Waals surface area contributed by atoms with Crippen molar-refractivity contribution in [2.24, 2.45) is 29.6 Å². The second kappa shape index (κ2) is 12.7. The average molecular weight is 471 g/mol. The third-order valence-corrected chi connectivity index (χ3v) is 9.90. The van der Waals surface area contributed by atoms with E-state index in [9.17, 15) is 8.78 Å². The van der Waals surface area contributed by atoms with Gasteiger partial charge in [0.2, 0.25) is 0 Å². The van der Waals surface area contributed by atoms with Crippen LogP contribution in [0.3, 0.4) is 0 Å². The van der Waals surface area contributed by atoms with Gasteiger partial charge in [-0.05, 0) is 124 Å². The van der Waals surface area contributed by atoms with Crippen molar-refractivity contribution < 1.29 is 8.78 Å². The first-order valence-electron chi connectivity index (χ1n) is 14.7. The fourth-order valence-corrected chi connectivity index (χ4v) is 7.84. The Kier molecular flexibility index (Phi) is 9.66. The molecule has 0 saturated heterocycles. The van der Waals surface area contributed by atoms with Gasteiger partial charge in [0, 0.05) is 5.56 Å². The van der Waals surface area contributed by atoms with Gasteiger partial charge in [-0.2, -0.15) is 0 Å². The van der Waals surface area contributed by atoms with Crippen LogP contribution in [0, 0.1) is 41.2 Å². The smallest absolute Gasteiger partial charge is 0.129 e. The fraction of sp³-hybridized carbons (Fsp3) is 0.750. The van der Waals surface area contributed by atoms with Crippen molar-refractivity contribution >= 4 is 0 Å². The molecule has 4 atom stereocenters. The van der Waals surface area contributed by atoms with Crippen molar-refractivity contribution in [1.29, 1.82) is 0 Å². The van der Waals surface area contributed by atoms with Gasteiger partial charge in [0.05, 0.1) is 0 Å². The lowest BCUT2D eigenvalue weighted by molar-refractivity contribution is 0.0613. The maximum atomic E-state index is 14.6. The molecule has 4 unspecified atom stereocenters. The summed E-state index contributed by atoms with van der Waals surface area (Å²) in [4.78, 5) is 0. The van der Waals surface area contributed by atoms with Gasteiger partial charge in [0.15, 0.2) is 0 Å². The molecule has 3 saturated carbocycles. The van der Waals surface area contributed by atoms with Crippen LogP contribution in [-0.4, -0.2) is 0 Å². The number of halogens is 2. The van der Waals surface area contributed by atoms with Crippen molar-refractivity contribution in [1.82, 2.24) is 0 Å². The molecule has 0 aromatic heterocycles. The molecule has 34 heavy (non-hydrogen) atoms. The van der Waals surface area contributed by atoms with E-state index >= 15 is 0 Å². The third-order valence-electron chi connectivity index (χ3n) is 9.90. The molecule has 0 radical (unpaired) electrons. The maximum Gasteiger partial charge on any atom is 0.129 e. The van der Waals surface area contributed by atoms with E-state index in [4.69, 9.17) is 0 Å². The van der Waals surface area contributed by atoms with Gasteiger partial charge in [-0.25, -0.2) is 8.78 Å². The molecule has 1 aromatic rings. The van der Waals surface area contributed by atoms with Crippen molar-refractivity contribution in [2.45, 2.75) is 122 Å². The zero-order valence-corrected chi connectivity index (χ0v) is 21.7. The highest BCUT2D eigenvalue weighted by molar-refractivity contribution is 5.29. The Balaban J connectivity index is 1.24. The monoisotopic (exact) mass is 470 g/mol. The van der Waals surface area contributed by atoms with E-state index < -0.39 is 0 Å². The zero-order chi connectivity index (χ0) is 23.9. The lowest BCUT2D eigenvalue weighted by Gasteiger charge is -2.45. The highest BCUT2D eigenvalue weighted by Gasteiger charge is 2.38. The molecule has 0 bridgehead atoms. The van der Waals surface area contributed by atoms with E-state index in [1.807, 2.05) is 0 Å². The average Bonchev–Trinajstić information content (AvgIpc) is 2.86. The topological polar surface area (TPSA) is 0 Å². The van der Waals surface area contributed by atoms with E-state index in [0.29, 0.717) is 18.8 Å². The van der Waals surface area contributed by atoms with Gasteiger partial charge in [0.25, 0.3) is 0 Å².